The van der Waals surface area contributed by atoms with Crippen LogP contribution in [0.15, 0.2) is 42.7 Å². The van der Waals surface area contributed by atoms with Gasteiger partial charge in [0.2, 0.25) is 0 Å². The fourth-order valence-corrected chi connectivity index (χ4v) is 1.99. The summed E-state index contributed by atoms with van der Waals surface area (Å²) in [5.41, 5.74) is 2.65. The molecule has 0 aliphatic heterocycles. The monoisotopic (exact) mass is 243 g/mol. The van der Waals surface area contributed by atoms with Crippen LogP contribution in [0.3, 0.4) is 0 Å². The second-order valence-corrected chi connectivity index (χ2v) is 4.83. The van der Waals surface area contributed by atoms with Crippen molar-refractivity contribution in [2.24, 2.45) is 7.05 Å². The maximum atomic E-state index is 4.16. The Hall–Kier alpha value is -1.61. The van der Waals surface area contributed by atoms with Gasteiger partial charge in [0.25, 0.3) is 0 Å². The summed E-state index contributed by atoms with van der Waals surface area (Å²) in [7, 11) is 1.95. The van der Waals surface area contributed by atoms with Crippen LogP contribution >= 0.6 is 0 Å². The van der Waals surface area contributed by atoms with Crippen LogP contribution in [0.5, 0.6) is 0 Å². The number of benzene rings is 1. The summed E-state index contributed by atoms with van der Waals surface area (Å²) in [6.45, 7) is 3.13. The minimum absolute atomic E-state index is 0.519. The zero-order valence-corrected chi connectivity index (χ0v) is 11.1. The number of rotatable bonds is 6. The summed E-state index contributed by atoms with van der Waals surface area (Å²) in [6, 6.07) is 11.2. The number of aryl methyl sites for hydroxylation is 2. The number of hydrogen-bond donors (Lipinski definition) is 1. The summed E-state index contributed by atoms with van der Waals surface area (Å²) >= 11 is 0. The summed E-state index contributed by atoms with van der Waals surface area (Å²) in [5, 5.41) is 7.69. The summed E-state index contributed by atoms with van der Waals surface area (Å²) in [5.74, 6) is 0. The molecule has 3 heteroatoms. The summed E-state index contributed by atoms with van der Waals surface area (Å²) in [4.78, 5) is 0. The Morgan fingerprint density at radius 1 is 1.22 bits per heavy atom. The molecule has 1 unspecified atom stereocenters. The maximum Gasteiger partial charge on any atom is 0.0534 e. The molecular formula is C15H21N3. The van der Waals surface area contributed by atoms with Gasteiger partial charge in [-0.15, -0.1) is 0 Å². The van der Waals surface area contributed by atoms with Gasteiger partial charge in [-0.25, -0.2) is 0 Å². The van der Waals surface area contributed by atoms with E-state index in [-0.39, 0.29) is 0 Å². The molecule has 2 rings (SSSR count). The van der Waals surface area contributed by atoms with Crippen molar-refractivity contribution in [3.8, 4) is 0 Å². The average molecular weight is 243 g/mol. The van der Waals surface area contributed by atoms with E-state index in [2.05, 4.69) is 53.9 Å². The fraction of sp³-hybridized carbons (Fsp3) is 0.400. The Morgan fingerprint density at radius 2 is 2.00 bits per heavy atom. The highest BCUT2D eigenvalue weighted by Gasteiger charge is 2.03. The van der Waals surface area contributed by atoms with Gasteiger partial charge in [0.1, 0.15) is 0 Å². The van der Waals surface area contributed by atoms with E-state index in [0.29, 0.717) is 6.04 Å². The first kappa shape index (κ1) is 12.8. The van der Waals surface area contributed by atoms with E-state index in [1.54, 1.807) is 0 Å². The molecule has 0 saturated carbocycles. The minimum Gasteiger partial charge on any atom is -0.310 e. The zero-order chi connectivity index (χ0) is 12.8. The quantitative estimate of drug-likeness (QED) is 0.845. The van der Waals surface area contributed by atoms with Crippen LogP contribution in [-0.2, 0) is 20.0 Å². The SMILES string of the molecule is CC(CCc1ccccc1)NCc1cnn(C)c1. The van der Waals surface area contributed by atoms with Crippen LogP contribution < -0.4 is 5.32 Å². The van der Waals surface area contributed by atoms with E-state index in [9.17, 15) is 0 Å². The largest absolute Gasteiger partial charge is 0.310 e. The van der Waals surface area contributed by atoms with E-state index in [4.69, 9.17) is 0 Å². The van der Waals surface area contributed by atoms with Crippen LogP contribution in [0.2, 0.25) is 0 Å². The number of nitrogens with zero attached hydrogens (tertiary/aromatic N) is 2. The molecule has 1 atom stereocenters. The molecule has 1 N–H and O–H groups in total. The summed E-state index contributed by atoms with van der Waals surface area (Å²) < 4.78 is 1.84. The third-order valence-corrected chi connectivity index (χ3v) is 3.12. The lowest BCUT2D eigenvalue weighted by atomic mass is 10.1. The van der Waals surface area contributed by atoms with E-state index in [1.807, 2.05) is 17.9 Å². The molecule has 1 aromatic heterocycles. The highest BCUT2D eigenvalue weighted by atomic mass is 15.2. The Morgan fingerprint density at radius 3 is 2.67 bits per heavy atom. The van der Waals surface area contributed by atoms with Gasteiger partial charge in [-0.2, -0.15) is 5.10 Å². The van der Waals surface area contributed by atoms with Gasteiger partial charge in [-0.1, -0.05) is 30.3 Å². The minimum atomic E-state index is 0.519. The van der Waals surface area contributed by atoms with Crippen molar-refractivity contribution < 1.29 is 0 Å². The standard InChI is InChI=1S/C15H21N3/c1-13(8-9-14-6-4-3-5-7-14)16-10-15-11-17-18(2)12-15/h3-7,11-13,16H,8-10H2,1-2H3. The smallest absolute Gasteiger partial charge is 0.0534 e. The molecule has 3 nitrogen and oxygen atoms in total. The van der Waals surface area contributed by atoms with E-state index >= 15 is 0 Å². The van der Waals surface area contributed by atoms with Crippen molar-refractivity contribution in [1.82, 2.24) is 15.1 Å². The Labute approximate surface area is 109 Å². The molecule has 0 spiro atoms. The average Bonchev–Trinajstić information content (AvgIpc) is 2.81. The maximum absolute atomic E-state index is 4.16. The first-order valence-electron chi connectivity index (χ1n) is 6.49. The van der Waals surface area contributed by atoms with Crippen LogP contribution in [0.4, 0.5) is 0 Å². The van der Waals surface area contributed by atoms with Crippen molar-refractivity contribution in [3.63, 3.8) is 0 Å². The van der Waals surface area contributed by atoms with Gasteiger partial charge < -0.3 is 5.32 Å². The zero-order valence-electron chi connectivity index (χ0n) is 11.1. The third kappa shape index (κ3) is 4.00. The van der Waals surface area contributed by atoms with Crippen molar-refractivity contribution in [3.05, 3.63) is 53.9 Å². The molecule has 0 amide bonds. The van der Waals surface area contributed by atoms with Crippen molar-refractivity contribution >= 4 is 0 Å². The van der Waals surface area contributed by atoms with E-state index in [1.165, 1.54) is 11.1 Å². The summed E-state index contributed by atoms with van der Waals surface area (Å²) in [6.07, 6.45) is 6.25. The van der Waals surface area contributed by atoms with Gasteiger partial charge in [-0.3, -0.25) is 4.68 Å². The van der Waals surface area contributed by atoms with Crippen LogP contribution in [0.25, 0.3) is 0 Å². The topological polar surface area (TPSA) is 29.9 Å². The normalized spacial score (nSPS) is 12.6. The molecule has 0 fully saturated rings. The number of aromatic nitrogens is 2. The lowest BCUT2D eigenvalue weighted by molar-refractivity contribution is 0.514. The van der Waals surface area contributed by atoms with Gasteiger partial charge >= 0.3 is 0 Å². The Bertz CT molecular complexity index is 462. The molecule has 0 bridgehead atoms. The second-order valence-electron chi connectivity index (χ2n) is 4.83. The highest BCUT2D eigenvalue weighted by molar-refractivity contribution is 5.14. The fourth-order valence-electron chi connectivity index (χ4n) is 1.99. The van der Waals surface area contributed by atoms with Crippen LogP contribution in [0.1, 0.15) is 24.5 Å². The second kappa shape index (κ2) is 6.36. The predicted octanol–water partition coefficient (Wildman–Crippen LogP) is 2.53. The van der Waals surface area contributed by atoms with Crippen molar-refractivity contribution in [2.45, 2.75) is 32.4 Å². The molecular weight excluding hydrogens is 222 g/mol. The molecule has 0 saturated heterocycles. The predicted molar refractivity (Wildman–Crippen MR) is 74.3 cm³/mol. The molecule has 0 radical (unpaired) electrons. The van der Waals surface area contributed by atoms with Gasteiger partial charge in [0, 0.05) is 31.4 Å². The van der Waals surface area contributed by atoms with E-state index < -0.39 is 0 Å². The lowest BCUT2D eigenvalue weighted by Crippen LogP contribution is -2.25. The molecule has 18 heavy (non-hydrogen) atoms. The highest BCUT2D eigenvalue weighted by Crippen LogP contribution is 2.05. The van der Waals surface area contributed by atoms with Gasteiger partial charge in [0.15, 0.2) is 0 Å². The van der Waals surface area contributed by atoms with Gasteiger partial charge in [-0.05, 0) is 25.3 Å². The number of hydrogen-bond acceptors (Lipinski definition) is 2. The lowest BCUT2D eigenvalue weighted by Gasteiger charge is -2.12. The number of nitrogens with one attached hydrogen (secondary N) is 1. The van der Waals surface area contributed by atoms with Crippen molar-refractivity contribution in [2.75, 3.05) is 0 Å². The molecule has 0 aliphatic rings. The third-order valence-electron chi connectivity index (χ3n) is 3.12. The van der Waals surface area contributed by atoms with E-state index in [0.717, 1.165) is 19.4 Å². The van der Waals surface area contributed by atoms with Crippen molar-refractivity contribution in [1.29, 1.82) is 0 Å². The molecule has 2 aromatic rings. The molecule has 0 aliphatic carbocycles. The molecule has 1 aromatic carbocycles. The van der Waals surface area contributed by atoms with Crippen LogP contribution in [-0.4, -0.2) is 15.8 Å². The van der Waals surface area contributed by atoms with Gasteiger partial charge in [0.05, 0.1) is 6.20 Å². The molecule has 1 heterocycles. The first-order valence-corrected chi connectivity index (χ1v) is 6.49. The molecule has 96 valence electrons. The Kier molecular flexibility index (Phi) is 4.53. The Balaban J connectivity index is 1.71. The van der Waals surface area contributed by atoms with Crippen LogP contribution in [0, 0.1) is 0 Å². The first-order chi connectivity index (χ1) is 8.74.